The molecule has 2 nitrogen and oxygen atoms in total. The normalized spacial score (nSPS) is 21.2. The molecule has 0 unspecified atom stereocenters. The van der Waals surface area contributed by atoms with Crippen LogP contribution in [0, 0.1) is 0 Å². The van der Waals surface area contributed by atoms with Gasteiger partial charge in [0, 0.05) is 0 Å². The molecule has 0 atom stereocenters. The van der Waals surface area contributed by atoms with Crippen LogP contribution in [0.3, 0.4) is 0 Å². The van der Waals surface area contributed by atoms with Crippen LogP contribution in [0.5, 0.6) is 0 Å². The maximum atomic E-state index is 11.9. The topological polar surface area (TPSA) is 37.3 Å². The summed E-state index contributed by atoms with van der Waals surface area (Å²) in [6, 6.07) is 10.8. The van der Waals surface area contributed by atoms with Gasteiger partial charge in [0.2, 0.25) is 0 Å². The van der Waals surface area contributed by atoms with Crippen LogP contribution in [0.25, 0.3) is 0 Å². The summed E-state index contributed by atoms with van der Waals surface area (Å²) in [6.45, 7) is 0. The van der Waals surface area contributed by atoms with Crippen molar-refractivity contribution in [2.24, 2.45) is 0 Å². The van der Waals surface area contributed by atoms with E-state index in [0.717, 1.165) is 0 Å². The lowest BCUT2D eigenvalue weighted by molar-refractivity contribution is -0.134. The molecular formula is C20H30O2P+. The van der Waals surface area contributed by atoms with Gasteiger partial charge in [-0.05, 0) is 63.5 Å². The summed E-state index contributed by atoms with van der Waals surface area (Å²) in [5.41, 5.74) is 1.30. The highest BCUT2D eigenvalue weighted by molar-refractivity contribution is 7.84. The van der Waals surface area contributed by atoms with E-state index in [0.29, 0.717) is 17.5 Å². The molecule has 2 saturated carbocycles. The van der Waals surface area contributed by atoms with E-state index in [-0.39, 0.29) is 0 Å². The van der Waals surface area contributed by atoms with Crippen LogP contribution in [0.2, 0.25) is 0 Å². The Labute approximate surface area is 141 Å². The molecule has 2 aliphatic carbocycles. The Morgan fingerprint density at radius 3 is 1.78 bits per heavy atom. The van der Waals surface area contributed by atoms with Gasteiger partial charge in [0.05, 0.1) is 23.9 Å². The number of aliphatic carboxylic acids is 1. The molecule has 0 aromatic heterocycles. The first-order chi connectivity index (χ1) is 11.2. The molecule has 1 aromatic carbocycles. The van der Waals surface area contributed by atoms with Crippen molar-refractivity contribution in [3.8, 4) is 0 Å². The molecule has 0 spiro atoms. The molecule has 3 heteroatoms. The van der Waals surface area contributed by atoms with Crippen molar-refractivity contribution in [2.75, 3.05) is 6.16 Å². The van der Waals surface area contributed by atoms with Crippen LogP contribution in [-0.2, 0) is 4.79 Å². The summed E-state index contributed by atoms with van der Waals surface area (Å²) in [7, 11) is -1.66. The summed E-state index contributed by atoms with van der Waals surface area (Å²) in [4.78, 5) is 11.9. The van der Waals surface area contributed by atoms with Crippen molar-refractivity contribution in [2.45, 2.75) is 75.5 Å². The van der Waals surface area contributed by atoms with Gasteiger partial charge in [-0.1, -0.05) is 31.0 Å². The predicted octanol–water partition coefficient (Wildman–Crippen LogP) is 5.08. The molecule has 1 N–H and O–H groups in total. The second-order valence-corrected chi connectivity index (χ2v) is 11.6. The number of hydrogen-bond donors (Lipinski definition) is 1. The molecule has 0 radical (unpaired) electrons. The van der Waals surface area contributed by atoms with Crippen LogP contribution >= 0.6 is 7.26 Å². The number of carboxylic acid groups (broad SMARTS) is 1. The molecule has 1 aromatic rings. The minimum absolute atomic E-state index is 0.423. The quantitative estimate of drug-likeness (QED) is 0.763. The Bertz CT molecular complexity index is 484. The van der Waals surface area contributed by atoms with E-state index in [1.165, 1.54) is 69.5 Å². The fourth-order valence-corrected chi connectivity index (χ4v) is 11.0. The minimum Gasteiger partial charge on any atom is -0.479 e. The zero-order chi connectivity index (χ0) is 16.1. The maximum absolute atomic E-state index is 11.9. The SMILES string of the molecule is O=C(O)C[P+](c1ccccc1)(C1CCCCC1)C1CCCCC1. The van der Waals surface area contributed by atoms with E-state index in [1.54, 1.807) is 0 Å². The fraction of sp³-hybridized carbons (Fsp3) is 0.650. The van der Waals surface area contributed by atoms with E-state index in [2.05, 4.69) is 30.3 Å². The van der Waals surface area contributed by atoms with Crippen LogP contribution in [0.4, 0.5) is 0 Å². The molecule has 23 heavy (non-hydrogen) atoms. The molecular weight excluding hydrogens is 303 g/mol. The third-order valence-electron chi connectivity index (χ3n) is 6.09. The molecule has 2 aliphatic rings. The van der Waals surface area contributed by atoms with Crippen LogP contribution in [-0.4, -0.2) is 28.6 Å². The van der Waals surface area contributed by atoms with Gasteiger partial charge >= 0.3 is 5.97 Å². The second-order valence-electron chi connectivity index (χ2n) is 7.40. The Morgan fingerprint density at radius 2 is 1.35 bits per heavy atom. The Kier molecular flexibility index (Phi) is 5.75. The van der Waals surface area contributed by atoms with E-state index >= 15 is 0 Å². The summed E-state index contributed by atoms with van der Waals surface area (Å²) in [6.07, 6.45) is 13.3. The molecule has 3 rings (SSSR count). The van der Waals surface area contributed by atoms with Gasteiger partial charge in [-0.3, -0.25) is 0 Å². The summed E-state index contributed by atoms with van der Waals surface area (Å²) < 4.78 is 0. The zero-order valence-electron chi connectivity index (χ0n) is 14.1. The van der Waals surface area contributed by atoms with Crippen molar-refractivity contribution in [1.29, 1.82) is 0 Å². The third kappa shape index (κ3) is 3.63. The highest BCUT2D eigenvalue weighted by atomic mass is 31.2. The van der Waals surface area contributed by atoms with Gasteiger partial charge in [-0.15, -0.1) is 0 Å². The number of carboxylic acids is 1. The average Bonchev–Trinajstić information content (AvgIpc) is 2.62. The van der Waals surface area contributed by atoms with E-state index < -0.39 is 13.2 Å². The van der Waals surface area contributed by atoms with Gasteiger partial charge in [0.15, 0.2) is 6.16 Å². The predicted molar refractivity (Wildman–Crippen MR) is 99.2 cm³/mol. The summed E-state index contributed by atoms with van der Waals surface area (Å²) in [5.74, 6) is -0.571. The largest absolute Gasteiger partial charge is 0.479 e. The Morgan fingerprint density at radius 1 is 0.870 bits per heavy atom. The van der Waals surface area contributed by atoms with Gasteiger partial charge in [-0.2, -0.15) is 0 Å². The molecule has 0 amide bonds. The Hall–Kier alpha value is -0.880. The standard InChI is InChI=1S/C20H29O2P/c21-20(22)16-23(17-10-4-1-5-11-17,18-12-6-2-7-13-18)19-14-8-3-9-15-19/h1,4-5,10-11,18-19H,2-3,6-9,12-16H2/p+1. The van der Waals surface area contributed by atoms with Gasteiger partial charge in [-0.25, -0.2) is 4.79 Å². The zero-order valence-corrected chi connectivity index (χ0v) is 15.0. The molecule has 2 fully saturated rings. The third-order valence-corrected chi connectivity index (χ3v) is 11.8. The van der Waals surface area contributed by atoms with Crippen molar-refractivity contribution in [3.63, 3.8) is 0 Å². The molecule has 0 heterocycles. The van der Waals surface area contributed by atoms with E-state index in [9.17, 15) is 9.90 Å². The van der Waals surface area contributed by atoms with Gasteiger partial charge in [0.25, 0.3) is 0 Å². The summed E-state index contributed by atoms with van der Waals surface area (Å²) in [5, 5.41) is 11.2. The number of rotatable bonds is 5. The lowest BCUT2D eigenvalue weighted by Crippen LogP contribution is -2.38. The first kappa shape index (κ1) is 17.0. The maximum Gasteiger partial charge on any atom is 0.341 e. The lowest BCUT2D eigenvalue weighted by Gasteiger charge is -2.42. The van der Waals surface area contributed by atoms with Gasteiger partial charge in [0.1, 0.15) is 0 Å². The number of carbonyl (C=O) groups is 1. The first-order valence-electron chi connectivity index (χ1n) is 9.38. The smallest absolute Gasteiger partial charge is 0.341 e. The first-order valence-corrected chi connectivity index (χ1v) is 11.5. The average molecular weight is 333 g/mol. The molecule has 0 aliphatic heterocycles. The van der Waals surface area contributed by atoms with Crippen LogP contribution in [0.1, 0.15) is 64.2 Å². The molecule has 0 bridgehead atoms. The van der Waals surface area contributed by atoms with Crippen molar-refractivity contribution < 1.29 is 9.90 Å². The summed E-state index contributed by atoms with van der Waals surface area (Å²) >= 11 is 0. The molecule has 126 valence electrons. The number of hydrogen-bond acceptors (Lipinski definition) is 1. The Balaban J connectivity index is 2.04. The second kappa shape index (κ2) is 7.79. The van der Waals surface area contributed by atoms with Crippen LogP contribution in [0.15, 0.2) is 30.3 Å². The van der Waals surface area contributed by atoms with Crippen LogP contribution < -0.4 is 5.30 Å². The van der Waals surface area contributed by atoms with E-state index in [4.69, 9.17) is 0 Å². The highest BCUT2D eigenvalue weighted by Gasteiger charge is 2.55. The number of benzene rings is 1. The van der Waals surface area contributed by atoms with Crippen molar-refractivity contribution >= 4 is 18.5 Å². The van der Waals surface area contributed by atoms with Crippen molar-refractivity contribution in [3.05, 3.63) is 30.3 Å². The van der Waals surface area contributed by atoms with E-state index in [1.807, 2.05) is 0 Å². The molecule has 0 saturated heterocycles. The fourth-order valence-electron chi connectivity index (χ4n) is 5.08. The monoisotopic (exact) mass is 333 g/mol. The van der Waals surface area contributed by atoms with Crippen molar-refractivity contribution in [1.82, 2.24) is 0 Å². The minimum atomic E-state index is -1.66. The highest BCUT2D eigenvalue weighted by Crippen LogP contribution is 2.71. The lowest BCUT2D eigenvalue weighted by atomic mass is 9.99. The van der Waals surface area contributed by atoms with Gasteiger partial charge < -0.3 is 5.11 Å².